The molecule has 0 aliphatic rings. The third-order valence-electron chi connectivity index (χ3n) is 1.98. The van der Waals surface area contributed by atoms with E-state index in [1.165, 1.54) is 6.07 Å². The first-order chi connectivity index (χ1) is 7.17. The van der Waals surface area contributed by atoms with Gasteiger partial charge in [-0.2, -0.15) is 0 Å². The Morgan fingerprint density at radius 2 is 2.33 bits per heavy atom. The number of ether oxygens (including phenoxy) is 1. The summed E-state index contributed by atoms with van der Waals surface area (Å²) < 4.78 is 18.5. The Balaban J connectivity index is 2.77. The summed E-state index contributed by atoms with van der Waals surface area (Å²) in [6.45, 7) is 7.88. The fraction of sp³-hybridized carbons (Fsp3) is 0.333. The highest BCUT2D eigenvalue weighted by Crippen LogP contribution is 2.21. The van der Waals surface area contributed by atoms with Gasteiger partial charge in [-0.15, -0.1) is 6.58 Å². The fourth-order valence-corrected chi connectivity index (χ4v) is 1.18. The first-order valence-corrected chi connectivity index (χ1v) is 4.98. The van der Waals surface area contributed by atoms with Crippen molar-refractivity contribution in [3.8, 4) is 5.75 Å². The van der Waals surface area contributed by atoms with Gasteiger partial charge in [0.2, 0.25) is 0 Å². The minimum Gasteiger partial charge on any atom is -0.491 e. The Kier molecular flexibility index (Phi) is 4.16. The first kappa shape index (κ1) is 11.6. The molecule has 0 radical (unpaired) electrons. The van der Waals surface area contributed by atoms with Crippen LogP contribution in [0.1, 0.15) is 13.8 Å². The van der Waals surface area contributed by atoms with Crippen LogP contribution in [0.2, 0.25) is 0 Å². The molecule has 0 amide bonds. The van der Waals surface area contributed by atoms with E-state index >= 15 is 0 Å². The summed E-state index contributed by atoms with van der Waals surface area (Å²) in [5.74, 6) is -0.0626. The molecule has 1 aromatic carbocycles. The van der Waals surface area contributed by atoms with Crippen LogP contribution in [0, 0.1) is 5.82 Å². The molecule has 0 aromatic heterocycles. The lowest BCUT2D eigenvalue weighted by atomic mass is 10.2. The normalized spacial score (nSPS) is 11.9. The molecule has 15 heavy (non-hydrogen) atoms. The van der Waals surface area contributed by atoms with E-state index in [1.807, 2.05) is 13.8 Å². The highest BCUT2D eigenvalue weighted by molar-refractivity contribution is 5.48. The van der Waals surface area contributed by atoms with Crippen molar-refractivity contribution in [2.24, 2.45) is 0 Å². The number of hydrogen-bond acceptors (Lipinski definition) is 2. The summed E-state index contributed by atoms with van der Waals surface area (Å²) in [5, 5.41) is 3.09. The van der Waals surface area contributed by atoms with Gasteiger partial charge in [0.25, 0.3) is 0 Å². The zero-order valence-corrected chi connectivity index (χ0v) is 9.09. The van der Waals surface area contributed by atoms with Crippen LogP contribution in [0.25, 0.3) is 0 Å². The van der Waals surface area contributed by atoms with Crippen LogP contribution in [0.15, 0.2) is 30.9 Å². The van der Waals surface area contributed by atoms with Crippen LogP contribution in [0.5, 0.6) is 5.75 Å². The highest BCUT2D eigenvalue weighted by atomic mass is 19.1. The van der Waals surface area contributed by atoms with E-state index in [4.69, 9.17) is 4.74 Å². The standard InChI is InChI=1S/C12H16FNO/c1-4-9(3)14-10-6-7-12(15-5-2)11(13)8-10/h4,6-9,14H,1,5H2,2-3H3. The van der Waals surface area contributed by atoms with Gasteiger partial charge in [0, 0.05) is 17.8 Å². The van der Waals surface area contributed by atoms with E-state index in [0.29, 0.717) is 6.61 Å². The molecule has 0 heterocycles. The summed E-state index contributed by atoms with van der Waals surface area (Å²) in [4.78, 5) is 0. The monoisotopic (exact) mass is 209 g/mol. The summed E-state index contributed by atoms with van der Waals surface area (Å²) >= 11 is 0. The molecule has 0 spiro atoms. The summed E-state index contributed by atoms with van der Waals surface area (Å²) in [6, 6.07) is 4.94. The Labute approximate surface area is 89.8 Å². The lowest BCUT2D eigenvalue weighted by Crippen LogP contribution is -2.11. The van der Waals surface area contributed by atoms with Crippen molar-refractivity contribution in [2.45, 2.75) is 19.9 Å². The molecule has 3 heteroatoms. The second-order valence-corrected chi connectivity index (χ2v) is 3.25. The van der Waals surface area contributed by atoms with Gasteiger partial charge in [0.1, 0.15) is 0 Å². The molecule has 1 N–H and O–H groups in total. The molecule has 1 aromatic rings. The number of anilines is 1. The molecular weight excluding hydrogens is 193 g/mol. The van der Waals surface area contributed by atoms with Crippen molar-refractivity contribution in [1.29, 1.82) is 0 Å². The van der Waals surface area contributed by atoms with Crippen molar-refractivity contribution in [1.82, 2.24) is 0 Å². The number of hydrogen-bond donors (Lipinski definition) is 1. The average molecular weight is 209 g/mol. The summed E-state index contributed by atoms with van der Waals surface area (Å²) in [6.07, 6.45) is 1.76. The molecule has 1 atom stereocenters. The van der Waals surface area contributed by atoms with E-state index in [-0.39, 0.29) is 17.6 Å². The minimum atomic E-state index is -0.349. The quantitative estimate of drug-likeness (QED) is 0.752. The third kappa shape index (κ3) is 3.27. The van der Waals surface area contributed by atoms with Gasteiger partial charge in [-0.05, 0) is 26.0 Å². The van der Waals surface area contributed by atoms with Crippen molar-refractivity contribution in [3.63, 3.8) is 0 Å². The highest BCUT2D eigenvalue weighted by Gasteiger charge is 2.04. The lowest BCUT2D eigenvalue weighted by molar-refractivity contribution is 0.321. The third-order valence-corrected chi connectivity index (χ3v) is 1.98. The molecule has 82 valence electrons. The van der Waals surface area contributed by atoms with E-state index in [1.54, 1.807) is 18.2 Å². The number of benzene rings is 1. The van der Waals surface area contributed by atoms with Crippen LogP contribution in [0.4, 0.5) is 10.1 Å². The minimum absolute atomic E-state index is 0.113. The summed E-state index contributed by atoms with van der Waals surface area (Å²) in [7, 11) is 0. The van der Waals surface area contributed by atoms with Crippen molar-refractivity contribution >= 4 is 5.69 Å². The Morgan fingerprint density at radius 1 is 1.60 bits per heavy atom. The van der Waals surface area contributed by atoms with E-state index in [9.17, 15) is 4.39 Å². The number of rotatable bonds is 5. The average Bonchev–Trinajstić information content (AvgIpc) is 2.22. The molecule has 0 fully saturated rings. The molecule has 1 rings (SSSR count). The molecule has 0 aliphatic heterocycles. The zero-order valence-electron chi connectivity index (χ0n) is 9.09. The molecule has 1 unspecified atom stereocenters. The predicted molar refractivity (Wildman–Crippen MR) is 60.9 cm³/mol. The van der Waals surface area contributed by atoms with E-state index < -0.39 is 0 Å². The molecule has 0 saturated heterocycles. The van der Waals surface area contributed by atoms with Crippen LogP contribution in [0.3, 0.4) is 0 Å². The maximum absolute atomic E-state index is 13.4. The lowest BCUT2D eigenvalue weighted by Gasteiger charge is -2.12. The van der Waals surface area contributed by atoms with Gasteiger partial charge >= 0.3 is 0 Å². The molecule has 0 saturated carbocycles. The Hall–Kier alpha value is -1.51. The van der Waals surface area contributed by atoms with Gasteiger partial charge in [0.05, 0.1) is 6.61 Å². The topological polar surface area (TPSA) is 21.3 Å². The maximum Gasteiger partial charge on any atom is 0.167 e. The van der Waals surface area contributed by atoms with Crippen LogP contribution >= 0.6 is 0 Å². The first-order valence-electron chi connectivity index (χ1n) is 4.98. The molecule has 0 bridgehead atoms. The second-order valence-electron chi connectivity index (χ2n) is 3.25. The van der Waals surface area contributed by atoms with Crippen LogP contribution < -0.4 is 10.1 Å². The maximum atomic E-state index is 13.4. The van der Waals surface area contributed by atoms with Crippen molar-refractivity contribution in [2.75, 3.05) is 11.9 Å². The van der Waals surface area contributed by atoms with Gasteiger partial charge in [-0.3, -0.25) is 0 Å². The van der Waals surface area contributed by atoms with Crippen molar-refractivity contribution < 1.29 is 9.13 Å². The Bertz CT molecular complexity index is 338. The van der Waals surface area contributed by atoms with Crippen LogP contribution in [-0.2, 0) is 0 Å². The number of nitrogens with one attached hydrogen (secondary N) is 1. The second kappa shape index (κ2) is 5.39. The largest absolute Gasteiger partial charge is 0.491 e. The van der Waals surface area contributed by atoms with Crippen LogP contribution in [-0.4, -0.2) is 12.6 Å². The zero-order chi connectivity index (χ0) is 11.3. The van der Waals surface area contributed by atoms with Gasteiger partial charge in [0.15, 0.2) is 11.6 Å². The molecular formula is C12H16FNO. The Morgan fingerprint density at radius 3 is 2.87 bits per heavy atom. The van der Waals surface area contributed by atoms with Gasteiger partial charge in [-0.1, -0.05) is 6.08 Å². The fourth-order valence-electron chi connectivity index (χ4n) is 1.18. The molecule has 0 aliphatic carbocycles. The van der Waals surface area contributed by atoms with Gasteiger partial charge < -0.3 is 10.1 Å². The van der Waals surface area contributed by atoms with Gasteiger partial charge in [-0.25, -0.2) is 4.39 Å². The summed E-state index contributed by atoms with van der Waals surface area (Å²) in [5.41, 5.74) is 0.725. The smallest absolute Gasteiger partial charge is 0.167 e. The SMILES string of the molecule is C=CC(C)Nc1ccc(OCC)c(F)c1. The predicted octanol–water partition coefficient (Wildman–Crippen LogP) is 3.21. The number of halogens is 1. The molecule has 2 nitrogen and oxygen atoms in total. The van der Waals surface area contributed by atoms with Crippen molar-refractivity contribution in [3.05, 3.63) is 36.7 Å². The van der Waals surface area contributed by atoms with E-state index in [0.717, 1.165) is 5.69 Å². The van der Waals surface area contributed by atoms with E-state index in [2.05, 4.69) is 11.9 Å².